The summed E-state index contributed by atoms with van der Waals surface area (Å²) in [6.07, 6.45) is 0.301. The van der Waals surface area contributed by atoms with Crippen LogP contribution in [-0.4, -0.2) is 35.2 Å². The van der Waals surface area contributed by atoms with E-state index in [9.17, 15) is 0 Å². The number of ether oxygens (including phenoxy) is 1. The Labute approximate surface area is 101 Å². The summed E-state index contributed by atoms with van der Waals surface area (Å²) in [5.74, 6) is 0. The second kappa shape index (κ2) is 5.13. The number of rotatable bonds is 2. The van der Waals surface area contributed by atoms with E-state index in [2.05, 4.69) is 23.7 Å². The minimum atomic E-state index is 0.301. The standard InChI is InChI=1S/C12H17ClN2O/c1-9-8-16-10(2)6-15(9)7-11-4-3-5-12(13)14-11/h3-5,9-10H,6-8H2,1-2H3. The SMILES string of the molecule is CC1CN(Cc2cccc(Cl)n2)C(C)CO1. The van der Waals surface area contributed by atoms with E-state index in [1.165, 1.54) is 0 Å². The second-order valence-electron chi connectivity index (χ2n) is 4.37. The van der Waals surface area contributed by atoms with Crippen molar-refractivity contribution in [3.05, 3.63) is 29.0 Å². The summed E-state index contributed by atoms with van der Waals surface area (Å²) in [4.78, 5) is 6.69. The van der Waals surface area contributed by atoms with Gasteiger partial charge in [0.1, 0.15) is 5.15 Å². The first-order valence-electron chi connectivity index (χ1n) is 5.62. The lowest BCUT2D eigenvalue weighted by Crippen LogP contribution is -2.46. The zero-order valence-electron chi connectivity index (χ0n) is 9.69. The van der Waals surface area contributed by atoms with Gasteiger partial charge in [0.2, 0.25) is 0 Å². The van der Waals surface area contributed by atoms with Crippen molar-refractivity contribution in [1.29, 1.82) is 0 Å². The molecule has 2 atom stereocenters. The minimum Gasteiger partial charge on any atom is -0.376 e. The van der Waals surface area contributed by atoms with Crippen LogP contribution in [0.1, 0.15) is 19.5 Å². The molecule has 0 spiro atoms. The Hall–Kier alpha value is -0.640. The summed E-state index contributed by atoms with van der Waals surface area (Å²) in [5, 5.41) is 0.562. The predicted molar refractivity (Wildman–Crippen MR) is 64.5 cm³/mol. The third-order valence-corrected chi connectivity index (χ3v) is 3.09. The normalized spacial score (nSPS) is 26.9. The van der Waals surface area contributed by atoms with Gasteiger partial charge in [0.15, 0.2) is 0 Å². The molecule has 2 heterocycles. The van der Waals surface area contributed by atoms with Crippen molar-refractivity contribution >= 4 is 11.6 Å². The van der Waals surface area contributed by atoms with E-state index in [1.807, 2.05) is 12.1 Å². The van der Waals surface area contributed by atoms with Gasteiger partial charge in [-0.1, -0.05) is 17.7 Å². The van der Waals surface area contributed by atoms with E-state index in [0.29, 0.717) is 17.3 Å². The highest BCUT2D eigenvalue weighted by atomic mass is 35.5. The summed E-state index contributed by atoms with van der Waals surface area (Å²) in [7, 11) is 0. The molecule has 3 nitrogen and oxygen atoms in total. The fourth-order valence-electron chi connectivity index (χ4n) is 1.94. The van der Waals surface area contributed by atoms with E-state index in [0.717, 1.165) is 25.4 Å². The number of pyridine rings is 1. The van der Waals surface area contributed by atoms with Gasteiger partial charge in [0.25, 0.3) is 0 Å². The maximum Gasteiger partial charge on any atom is 0.129 e. The molecule has 0 aliphatic carbocycles. The zero-order chi connectivity index (χ0) is 11.5. The van der Waals surface area contributed by atoms with E-state index in [1.54, 1.807) is 6.07 Å². The highest BCUT2D eigenvalue weighted by Crippen LogP contribution is 2.15. The van der Waals surface area contributed by atoms with Gasteiger partial charge in [-0.25, -0.2) is 4.98 Å². The third-order valence-electron chi connectivity index (χ3n) is 2.87. The van der Waals surface area contributed by atoms with Crippen LogP contribution in [0.5, 0.6) is 0 Å². The molecule has 2 rings (SSSR count). The largest absolute Gasteiger partial charge is 0.376 e. The maximum atomic E-state index is 5.87. The molecule has 0 saturated carbocycles. The number of aromatic nitrogens is 1. The van der Waals surface area contributed by atoms with Crippen molar-refractivity contribution in [1.82, 2.24) is 9.88 Å². The summed E-state index contributed by atoms with van der Waals surface area (Å²) >= 11 is 5.87. The van der Waals surface area contributed by atoms with Crippen LogP contribution in [0.15, 0.2) is 18.2 Å². The number of hydrogen-bond acceptors (Lipinski definition) is 3. The molecule has 4 heteroatoms. The van der Waals surface area contributed by atoms with Gasteiger partial charge in [0.05, 0.1) is 18.4 Å². The Morgan fingerprint density at radius 1 is 1.50 bits per heavy atom. The van der Waals surface area contributed by atoms with Crippen molar-refractivity contribution < 1.29 is 4.74 Å². The molecule has 0 radical (unpaired) electrons. The Bertz CT molecular complexity index is 359. The molecule has 1 fully saturated rings. The molecule has 1 aromatic heterocycles. The number of nitrogens with zero attached hydrogens (tertiary/aromatic N) is 2. The predicted octanol–water partition coefficient (Wildman–Crippen LogP) is 2.34. The van der Waals surface area contributed by atoms with Gasteiger partial charge in [-0.05, 0) is 26.0 Å². The second-order valence-corrected chi connectivity index (χ2v) is 4.76. The minimum absolute atomic E-state index is 0.301. The van der Waals surface area contributed by atoms with Crippen molar-refractivity contribution in [2.45, 2.75) is 32.5 Å². The number of hydrogen-bond donors (Lipinski definition) is 0. The van der Waals surface area contributed by atoms with Gasteiger partial charge in [-0.15, -0.1) is 0 Å². The first-order valence-corrected chi connectivity index (χ1v) is 6.00. The Morgan fingerprint density at radius 3 is 3.06 bits per heavy atom. The van der Waals surface area contributed by atoms with Crippen molar-refractivity contribution in [2.75, 3.05) is 13.2 Å². The van der Waals surface area contributed by atoms with Crippen LogP contribution in [0.3, 0.4) is 0 Å². The van der Waals surface area contributed by atoms with Crippen molar-refractivity contribution in [3.63, 3.8) is 0 Å². The topological polar surface area (TPSA) is 25.4 Å². The van der Waals surface area contributed by atoms with Crippen LogP contribution in [0.2, 0.25) is 5.15 Å². The molecule has 0 aromatic carbocycles. The average Bonchev–Trinajstić information content (AvgIpc) is 2.24. The Kier molecular flexibility index (Phi) is 3.79. The molecule has 0 N–H and O–H groups in total. The number of halogens is 1. The molecule has 16 heavy (non-hydrogen) atoms. The molecular weight excluding hydrogens is 224 g/mol. The Balaban J connectivity index is 2.02. The highest BCUT2D eigenvalue weighted by Gasteiger charge is 2.23. The highest BCUT2D eigenvalue weighted by molar-refractivity contribution is 6.29. The fourth-order valence-corrected chi connectivity index (χ4v) is 2.12. The Morgan fingerprint density at radius 2 is 2.31 bits per heavy atom. The van der Waals surface area contributed by atoms with Crippen LogP contribution in [0, 0.1) is 0 Å². The van der Waals surface area contributed by atoms with Gasteiger partial charge in [-0.3, -0.25) is 4.90 Å². The smallest absolute Gasteiger partial charge is 0.129 e. The van der Waals surface area contributed by atoms with Crippen molar-refractivity contribution in [2.24, 2.45) is 0 Å². The van der Waals surface area contributed by atoms with Gasteiger partial charge < -0.3 is 4.74 Å². The molecular formula is C12H17ClN2O. The van der Waals surface area contributed by atoms with Gasteiger partial charge in [0, 0.05) is 19.1 Å². The first-order chi connectivity index (χ1) is 7.65. The molecule has 1 aliphatic heterocycles. The van der Waals surface area contributed by atoms with Crippen LogP contribution in [0.4, 0.5) is 0 Å². The van der Waals surface area contributed by atoms with Crippen LogP contribution in [-0.2, 0) is 11.3 Å². The zero-order valence-corrected chi connectivity index (χ0v) is 10.4. The summed E-state index contributed by atoms with van der Waals surface area (Å²) < 4.78 is 5.59. The quantitative estimate of drug-likeness (QED) is 0.742. The van der Waals surface area contributed by atoms with Crippen LogP contribution < -0.4 is 0 Å². The summed E-state index contributed by atoms with van der Waals surface area (Å²) in [5.41, 5.74) is 1.02. The molecule has 1 aliphatic rings. The van der Waals surface area contributed by atoms with Gasteiger partial charge in [-0.2, -0.15) is 0 Å². The van der Waals surface area contributed by atoms with Crippen molar-refractivity contribution in [3.8, 4) is 0 Å². The first kappa shape index (κ1) is 11.8. The lowest BCUT2D eigenvalue weighted by atomic mass is 10.2. The monoisotopic (exact) mass is 240 g/mol. The fraction of sp³-hybridized carbons (Fsp3) is 0.583. The van der Waals surface area contributed by atoms with E-state index >= 15 is 0 Å². The molecule has 0 amide bonds. The molecule has 88 valence electrons. The maximum absolute atomic E-state index is 5.87. The molecule has 1 aromatic rings. The van der Waals surface area contributed by atoms with E-state index in [-0.39, 0.29) is 0 Å². The summed E-state index contributed by atoms with van der Waals surface area (Å²) in [6, 6.07) is 6.20. The molecule has 0 bridgehead atoms. The van der Waals surface area contributed by atoms with Crippen LogP contribution in [0.25, 0.3) is 0 Å². The average molecular weight is 241 g/mol. The lowest BCUT2D eigenvalue weighted by molar-refractivity contribution is -0.0530. The number of morpholine rings is 1. The third kappa shape index (κ3) is 2.94. The van der Waals surface area contributed by atoms with E-state index < -0.39 is 0 Å². The van der Waals surface area contributed by atoms with E-state index in [4.69, 9.17) is 16.3 Å². The van der Waals surface area contributed by atoms with Crippen LogP contribution >= 0.6 is 11.6 Å². The lowest BCUT2D eigenvalue weighted by Gasteiger charge is -2.36. The van der Waals surface area contributed by atoms with Gasteiger partial charge >= 0.3 is 0 Å². The summed E-state index contributed by atoms with van der Waals surface area (Å²) in [6.45, 7) is 6.87. The molecule has 1 saturated heterocycles. The molecule has 2 unspecified atom stereocenters.